The topological polar surface area (TPSA) is 70.7 Å². The normalized spacial score (nSPS) is 15.8. The lowest BCUT2D eigenvalue weighted by Crippen LogP contribution is -2.46. The quantitative estimate of drug-likeness (QED) is 0.255. The maximum Gasteiger partial charge on any atom is 0.416 e. The van der Waals surface area contributed by atoms with Crippen LogP contribution in [0, 0.1) is 6.92 Å². The SMILES string of the molecule is Cc1nn(-c2ccccn2)c2c1C(c1ccccc1)N1C(=N2)C(Nc2cccc(C(F)(F)F)c2)=Nc2ccccc21. The van der Waals surface area contributed by atoms with Crippen molar-refractivity contribution in [2.45, 2.75) is 19.1 Å². The molecule has 1 unspecified atom stereocenters. The second kappa shape index (κ2) is 9.44. The van der Waals surface area contributed by atoms with Gasteiger partial charge in [-0.3, -0.25) is 0 Å². The molecule has 7 rings (SSSR count). The van der Waals surface area contributed by atoms with Crippen LogP contribution in [0.15, 0.2) is 113 Å². The summed E-state index contributed by atoms with van der Waals surface area (Å²) in [5, 5.41) is 7.97. The number of fused-ring (bicyclic) bond motifs is 4. The number of hydrogen-bond acceptors (Lipinski definition) is 6. The molecule has 0 saturated carbocycles. The third-order valence-electron chi connectivity index (χ3n) is 7.07. The Bertz CT molecular complexity index is 1830. The van der Waals surface area contributed by atoms with Crippen molar-refractivity contribution in [1.29, 1.82) is 0 Å². The number of halogens is 3. The number of aryl methyl sites for hydroxylation is 1. The Morgan fingerprint density at radius 2 is 1.61 bits per heavy atom. The van der Waals surface area contributed by atoms with E-state index in [1.54, 1.807) is 16.9 Å². The van der Waals surface area contributed by atoms with Crippen LogP contribution in [-0.4, -0.2) is 26.4 Å². The van der Waals surface area contributed by atoms with E-state index in [-0.39, 0.29) is 11.7 Å². The van der Waals surface area contributed by atoms with Crippen LogP contribution in [0.5, 0.6) is 0 Å². The fourth-order valence-electron chi connectivity index (χ4n) is 5.30. The van der Waals surface area contributed by atoms with Gasteiger partial charge in [-0.2, -0.15) is 23.0 Å². The molecular formula is C31H22F3N7. The van der Waals surface area contributed by atoms with E-state index in [1.165, 1.54) is 6.07 Å². The number of hydrogen-bond donors (Lipinski definition) is 1. The molecule has 2 aliphatic heterocycles. The maximum atomic E-state index is 13.5. The monoisotopic (exact) mass is 549 g/mol. The molecule has 0 aliphatic carbocycles. The maximum absolute atomic E-state index is 13.5. The van der Waals surface area contributed by atoms with E-state index < -0.39 is 11.7 Å². The number of alkyl halides is 3. The first-order valence-corrected chi connectivity index (χ1v) is 12.9. The smallest absolute Gasteiger partial charge is 0.337 e. The average molecular weight is 550 g/mol. The van der Waals surface area contributed by atoms with Gasteiger partial charge in [0.1, 0.15) is 0 Å². The number of rotatable bonds is 3. The van der Waals surface area contributed by atoms with Crippen molar-refractivity contribution in [2.75, 3.05) is 10.2 Å². The molecule has 0 saturated heterocycles. The minimum absolute atomic E-state index is 0.247. The fourth-order valence-corrected chi connectivity index (χ4v) is 5.30. The first-order chi connectivity index (χ1) is 19.9. The van der Waals surface area contributed by atoms with Gasteiger partial charge in [0.25, 0.3) is 0 Å². The molecule has 0 amide bonds. The van der Waals surface area contributed by atoms with Crippen LogP contribution in [-0.2, 0) is 6.18 Å². The molecule has 10 heteroatoms. The van der Waals surface area contributed by atoms with Crippen molar-refractivity contribution in [3.63, 3.8) is 0 Å². The van der Waals surface area contributed by atoms with E-state index in [0.29, 0.717) is 29.0 Å². The minimum Gasteiger partial charge on any atom is -0.337 e. The van der Waals surface area contributed by atoms with Gasteiger partial charge in [0.2, 0.25) is 0 Å². The van der Waals surface area contributed by atoms with Gasteiger partial charge in [-0.25, -0.2) is 15.0 Å². The Labute approximate surface area is 233 Å². The molecule has 1 N–H and O–H groups in total. The molecule has 0 spiro atoms. The minimum atomic E-state index is -4.48. The van der Waals surface area contributed by atoms with Crippen molar-refractivity contribution in [1.82, 2.24) is 14.8 Å². The van der Waals surface area contributed by atoms with Gasteiger partial charge in [-0.15, -0.1) is 0 Å². The van der Waals surface area contributed by atoms with Crippen LogP contribution in [0.4, 0.5) is 36.1 Å². The van der Waals surface area contributed by atoms with Gasteiger partial charge in [0.15, 0.2) is 23.3 Å². The molecule has 4 heterocycles. The highest BCUT2D eigenvalue weighted by molar-refractivity contribution is 6.51. The molecule has 0 bridgehead atoms. The third kappa shape index (κ3) is 4.24. The zero-order chi connectivity index (χ0) is 28.1. The molecule has 1 atom stereocenters. The van der Waals surface area contributed by atoms with Gasteiger partial charge >= 0.3 is 6.18 Å². The summed E-state index contributed by atoms with van der Waals surface area (Å²) < 4.78 is 42.3. The molecule has 202 valence electrons. The standard InChI is InChI=1S/C31H22F3N7/c1-19-26-27(20-10-3-2-4-11-20)40-24-15-6-5-14-23(24)37-28(36-22-13-9-12-21(18-22)31(32,33)34)30(40)38-29(26)41(39-19)25-16-7-8-17-35-25/h2-18,27H,1H3,(H,36,37). The van der Waals surface area contributed by atoms with Crippen molar-refractivity contribution in [2.24, 2.45) is 9.98 Å². The molecule has 41 heavy (non-hydrogen) atoms. The number of nitrogens with one attached hydrogen (secondary N) is 1. The van der Waals surface area contributed by atoms with E-state index in [0.717, 1.165) is 34.6 Å². The predicted octanol–water partition coefficient (Wildman–Crippen LogP) is 7.39. The molecule has 2 aromatic heterocycles. The number of aromatic nitrogens is 3. The number of nitrogens with zero attached hydrogens (tertiary/aromatic N) is 6. The second-order valence-corrected chi connectivity index (χ2v) is 9.69. The highest BCUT2D eigenvalue weighted by Gasteiger charge is 2.41. The summed E-state index contributed by atoms with van der Waals surface area (Å²) in [5.74, 6) is 1.96. The van der Waals surface area contributed by atoms with Gasteiger partial charge in [-0.05, 0) is 55.0 Å². The van der Waals surface area contributed by atoms with Gasteiger partial charge in [0, 0.05) is 17.4 Å². The predicted molar refractivity (Wildman–Crippen MR) is 153 cm³/mol. The van der Waals surface area contributed by atoms with E-state index in [4.69, 9.17) is 15.1 Å². The van der Waals surface area contributed by atoms with Crippen molar-refractivity contribution in [3.8, 4) is 5.82 Å². The summed E-state index contributed by atoms with van der Waals surface area (Å²) in [7, 11) is 0. The van der Waals surface area contributed by atoms with E-state index in [1.807, 2.05) is 79.7 Å². The highest BCUT2D eigenvalue weighted by Crippen LogP contribution is 2.48. The summed E-state index contributed by atoms with van der Waals surface area (Å²) >= 11 is 0. The van der Waals surface area contributed by atoms with Crippen LogP contribution >= 0.6 is 0 Å². The lowest BCUT2D eigenvalue weighted by atomic mass is 9.93. The largest absolute Gasteiger partial charge is 0.416 e. The lowest BCUT2D eigenvalue weighted by Gasteiger charge is -2.40. The van der Waals surface area contributed by atoms with E-state index in [9.17, 15) is 13.2 Å². The number of anilines is 2. The average Bonchev–Trinajstić information content (AvgIpc) is 3.32. The van der Waals surface area contributed by atoms with Crippen LogP contribution < -0.4 is 10.2 Å². The number of amidine groups is 2. The fraction of sp³-hybridized carbons (Fsp3) is 0.0968. The van der Waals surface area contributed by atoms with Crippen LogP contribution in [0.1, 0.15) is 28.4 Å². The van der Waals surface area contributed by atoms with Gasteiger partial charge in [0.05, 0.1) is 28.7 Å². The number of benzene rings is 3. The zero-order valence-corrected chi connectivity index (χ0v) is 21.7. The first kappa shape index (κ1) is 24.8. The Morgan fingerprint density at radius 1 is 0.829 bits per heavy atom. The number of para-hydroxylation sites is 2. The molecule has 5 aromatic rings. The Balaban J connectivity index is 1.46. The molecular weight excluding hydrogens is 527 g/mol. The summed E-state index contributed by atoms with van der Waals surface area (Å²) in [5.41, 5.74) is 3.67. The Kier molecular flexibility index (Phi) is 5.70. The Hall–Kier alpha value is -5.25. The van der Waals surface area contributed by atoms with E-state index >= 15 is 0 Å². The zero-order valence-electron chi connectivity index (χ0n) is 21.7. The molecule has 3 aromatic carbocycles. The third-order valence-corrected chi connectivity index (χ3v) is 7.07. The summed E-state index contributed by atoms with van der Waals surface area (Å²) in [4.78, 5) is 16.5. The highest BCUT2D eigenvalue weighted by atomic mass is 19.4. The second-order valence-electron chi connectivity index (χ2n) is 9.69. The van der Waals surface area contributed by atoms with E-state index in [2.05, 4.69) is 15.2 Å². The van der Waals surface area contributed by atoms with Crippen molar-refractivity contribution < 1.29 is 13.2 Å². The van der Waals surface area contributed by atoms with Crippen LogP contribution in [0.3, 0.4) is 0 Å². The van der Waals surface area contributed by atoms with Crippen molar-refractivity contribution in [3.05, 3.63) is 126 Å². The van der Waals surface area contributed by atoms with Crippen LogP contribution in [0.2, 0.25) is 0 Å². The first-order valence-electron chi connectivity index (χ1n) is 12.9. The molecule has 0 fully saturated rings. The number of pyridine rings is 1. The summed E-state index contributed by atoms with van der Waals surface area (Å²) in [6.45, 7) is 1.94. The molecule has 7 nitrogen and oxygen atoms in total. The Morgan fingerprint density at radius 3 is 2.39 bits per heavy atom. The molecule has 0 radical (unpaired) electrons. The number of aliphatic imine (C=N–C) groups is 2. The van der Waals surface area contributed by atoms with Crippen molar-refractivity contribution >= 4 is 34.6 Å². The van der Waals surface area contributed by atoms with Crippen LogP contribution in [0.25, 0.3) is 5.82 Å². The molecule has 2 aliphatic rings. The van der Waals surface area contributed by atoms with Gasteiger partial charge < -0.3 is 10.2 Å². The lowest BCUT2D eigenvalue weighted by molar-refractivity contribution is -0.137. The summed E-state index contributed by atoms with van der Waals surface area (Å²) in [6, 6.07) is 27.9. The van der Waals surface area contributed by atoms with Gasteiger partial charge in [-0.1, -0.05) is 54.6 Å². The summed E-state index contributed by atoms with van der Waals surface area (Å²) in [6.07, 6.45) is -2.79.